The smallest absolute Gasteiger partial charge is 0.255 e. The number of carbonyl (C=O) groups excluding carboxylic acids is 2. The van der Waals surface area contributed by atoms with E-state index < -0.39 is 17.9 Å². The Kier molecular flexibility index (Phi) is 5.60. The molecule has 110 valence electrons. The molecule has 5 N–H and O–H groups in total. The fourth-order valence-electron chi connectivity index (χ4n) is 1.66. The number of hydrogen-bond donors (Lipinski definition) is 3. The Hall–Kier alpha value is -1.99. The lowest BCUT2D eigenvalue weighted by Gasteiger charge is -2.17. The van der Waals surface area contributed by atoms with Crippen molar-refractivity contribution in [1.82, 2.24) is 5.32 Å². The number of likely N-dealkylation sites (N-methyl/N-ethyl adjacent to an activating group) is 1. The Morgan fingerprint density at radius 2 is 2.05 bits per heavy atom. The molecule has 1 rings (SSSR count). The van der Waals surface area contributed by atoms with Gasteiger partial charge in [0.05, 0.1) is 12.1 Å². The van der Waals surface area contributed by atoms with E-state index in [1.165, 1.54) is 13.2 Å². The van der Waals surface area contributed by atoms with Crippen LogP contribution in [0.1, 0.15) is 11.6 Å². The van der Waals surface area contributed by atoms with Crippen LogP contribution in [-0.2, 0) is 9.59 Å². The van der Waals surface area contributed by atoms with Crippen molar-refractivity contribution in [3.05, 3.63) is 22.7 Å². The standard InChI is InChI=1S/C12H16ClN3O4/c1-16-10(12(15)18)6-3-7(13)11(8(4-6)19-2)20-5-9(14)17/h3-4,10,16H,5H2,1-2H3,(H2,14,17)(H2,15,18). The second-order valence-corrected chi connectivity index (χ2v) is 4.32. The Bertz CT molecular complexity index is 522. The van der Waals surface area contributed by atoms with Crippen LogP contribution < -0.4 is 26.3 Å². The number of carbonyl (C=O) groups is 2. The Morgan fingerprint density at radius 1 is 1.40 bits per heavy atom. The predicted octanol–water partition coefficient (Wildman–Crippen LogP) is -0.0415. The largest absolute Gasteiger partial charge is 0.493 e. The molecule has 0 aromatic heterocycles. The van der Waals surface area contributed by atoms with Crippen LogP contribution >= 0.6 is 11.6 Å². The molecule has 1 aromatic rings. The van der Waals surface area contributed by atoms with E-state index in [1.54, 1.807) is 13.1 Å². The number of halogens is 1. The molecule has 0 aliphatic heterocycles. The molecule has 0 heterocycles. The number of hydrogen-bond acceptors (Lipinski definition) is 5. The summed E-state index contributed by atoms with van der Waals surface area (Å²) in [5.41, 5.74) is 10.8. The third-order valence-electron chi connectivity index (χ3n) is 2.52. The van der Waals surface area contributed by atoms with Crippen LogP contribution in [0.2, 0.25) is 5.02 Å². The van der Waals surface area contributed by atoms with Crippen LogP contribution in [0, 0.1) is 0 Å². The number of rotatable bonds is 7. The zero-order chi connectivity index (χ0) is 15.3. The van der Waals surface area contributed by atoms with Gasteiger partial charge in [-0.1, -0.05) is 11.6 Å². The highest BCUT2D eigenvalue weighted by atomic mass is 35.5. The van der Waals surface area contributed by atoms with E-state index in [1.807, 2.05) is 0 Å². The number of methoxy groups -OCH3 is 1. The maximum Gasteiger partial charge on any atom is 0.255 e. The van der Waals surface area contributed by atoms with Gasteiger partial charge in [0.15, 0.2) is 18.1 Å². The maximum atomic E-state index is 11.3. The number of primary amides is 2. The van der Waals surface area contributed by atoms with Crippen molar-refractivity contribution in [1.29, 1.82) is 0 Å². The van der Waals surface area contributed by atoms with E-state index in [2.05, 4.69) is 5.32 Å². The lowest BCUT2D eigenvalue weighted by molar-refractivity contribution is -0.120. The average molecular weight is 302 g/mol. The summed E-state index contributed by atoms with van der Waals surface area (Å²) < 4.78 is 10.3. The number of benzene rings is 1. The number of nitrogens with two attached hydrogens (primary N) is 2. The molecule has 0 fully saturated rings. The van der Waals surface area contributed by atoms with Gasteiger partial charge in [0.1, 0.15) is 6.04 Å². The van der Waals surface area contributed by atoms with Gasteiger partial charge in [-0.25, -0.2) is 0 Å². The summed E-state index contributed by atoms with van der Waals surface area (Å²) in [5, 5.41) is 2.94. The van der Waals surface area contributed by atoms with E-state index in [0.29, 0.717) is 5.56 Å². The fourth-order valence-corrected chi connectivity index (χ4v) is 1.94. The minimum Gasteiger partial charge on any atom is -0.493 e. The van der Waals surface area contributed by atoms with Crippen molar-refractivity contribution in [2.45, 2.75) is 6.04 Å². The molecular formula is C12H16ClN3O4. The van der Waals surface area contributed by atoms with Gasteiger partial charge in [0, 0.05) is 0 Å². The Morgan fingerprint density at radius 3 is 2.50 bits per heavy atom. The molecule has 7 nitrogen and oxygen atoms in total. The monoisotopic (exact) mass is 301 g/mol. The maximum absolute atomic E-state index is 11.3. The first-order valence-electron chi connectivity index (χ1n) is 5.65. The fraction of sp³-hybridized carbons (Fsp3) is 0.333. The molecular weight excluding hydrogens is 286 g/mol. The second kappa shape index (κ2) is 6.97. The molecule has 0 radical (unpaired) electrons. The van der Waals surface area contributed by atoms with Crippen molar-refractivity contribution >= 4 is 23.4 Å². The van der Waals surface area contributed by atoms with Gasteiger partial charge in [-0.3, -0.25) is 9.59 Å². The van der Waals surface area contributed by atoms with Gasteiger partial charge < -0.3 is 26.3 Å². The van der Waals surface area contributed by atoms with Crippen molar-refractivity contribution in [3.8, 4) is 11.5 Å². The summed E-state index contributed by atoms with van der Waals surface area (Å²) >= 11 is 6.07. The Balaban J connectivity index is 3.18. The van der Waals surface area contributed by atoms with Crippen LogP contribution in [0.5, 0.6) is 11.5 Å². The van der Waals surface area contributed by atoms with Gasteiger partial charge in [0.2, 0.25) is 5.91 Å². The number of nitrogens with one attached hydrogen (secondary N) is 1. The third kappa shape index (κ3) is 3.75. The van der Waals surface area contributed by atoms with E-state index in [-0.39, 0.29) is 23.1 Å². The zero-order valence-corrected chi connectivity index (χ0v) is 11.9. The minimum atomic E-state index is -0.716. The SMILES string of the molecule is CNC(C(N)=O)c1cc(Cl)c(OCC(N)=O)c(OC)c1. The van der Waals surface area contributed by atoms with Crippen molar-refractivity contribution < 1.29 is 19.1 Å². The second-order valence-electron chi connectivity index (χ2n) is 3.91. The molecule has 0 saturated carbocycles. The first-order chi connectivity index (χ1) is 9.40. The molecule has 0 bridgehead atoms. The minimum absolute atomic E-state index is 0.177. The van der Waals surface area contributed by atoms with Crippen LogP contribution in [0.3, 0.4) is 0 Å². The molecule has 0 saturated heterocycles. The van der Waals surface area contributed by atoms with Crippen LogP contribution in [0.25, 0.3) is 0 Å². The molecule has 1 aromatic carbocycles. The molecule has 8 heteroatoms. The molecule has 0 aliphatic rings. The zero-order valence-electron chi connectivity index (χ0n) is 11.1. The van der Waals surface area contributed by atoms with Gasteiger partial charge in [0.25, 0.3) is 5.91 Å². The summed E-state index contributed by atoms with van der Waals surface area (Å²) in [5.74, 6) is -0.750. The van der Waals surface area contributed by atoms with E-state index in [4.69, 9.17) is 32.5 Å². The molecule has 0 spiro atoms. The highest BCUT2D eigenvalue weighted by molar-refractivity contribution is 6.32. The molecule has 1 atom stereocenters. The average Bonchev–Trinajstić information content (AvgIpc) is 2.36. The first-order valence-corrected chi connectivity index (χ1v) is 6.03. The molecule has 20 heavy (non-hydrogen) atoms. The van der Waals surface area contributed by atoms with E-state index >= 15 is 0 Å². The highest BCUT2D eigenvalue weighted by Gasteiger charge is 2.20. The van der Waals surface area contributed by atoms with E-state index in [9.17, 15) is 9.59 Å². The van der Waals surface area contributed by atoms with E-state index in [0.717, 1.165) is 0 Å². The molecule has 0 aliphatic carbocycles. The van der Waals surface area contributed by atoms with Crippen LogP contribution in [-0.4, -0.2) is 32.6 Å². The quantitative estimate of drug-likeness (QED) is 0.653. The summed E-state index contributed by atoms with van der Waals surface area (Å²) in [4.78, 5) is 22.1. The summed E-state index contributed by atoms with van der Waals surface area (Å²) in [7, 11) is 3.00. The van der Waals surface area contributed by atoms with Gasteiger partial charge >= 0.3 is 0 Å². The van der Waals surface area contributed by atoms with Crippen molar-refractivity contribution in [2.75, 3.05) is 20.8 Å². The van der Waals surface area contributed by atoms with Gasteiger partial charge in [-0.15, -0.1) is 0 Å². The summed E-state index contributed by atoms with van der Waals surface area (Å²) in [6.45, 7) is -0.333. The van der Waals surface area contributed by atoms with Crippen LogP contribution in [0.15, 0.2) is 12.1 Å². The number of amides is 2. The first kappa shape index (κ1) is 16.1. The van der Waals surface area contributed by atoms with Crippen molar-refractivity contribution in [2.24, 2.45) is 11.5 Å². The Labute approximate surface area is 121 Å². The third-order valence-corrected chi connectivity index (χ3v) is 2.80. The lowest BCUT2D eigenvalue weighted by Crippen LogP contribution is -2.31. The summed E-state index contributed by atoms with van der Waals surface area (Å²) in [6.07, 6.45) is 0. The molecule has 1 unspecified atom stereocenters. The number of ether oxygens (including phenoxy) is 2. The highest BCUT2D eigenvalue weighted by Crippen LogP contribution is 2.37. The van der Waals surface area contributed by atoms with Crippen LogP contribution in [0.4, 0.5) is 0 Å². The summed E-state index contributed by atoms with van der Waals surface area (Å²) in [6, 6.07) is 2.34. The molecule has 2 amide bonds. The van der Waals surface area contributed by atoms with Crippen molar-refractivity contribution in [3.63, 3.8) is 0 Å². The predicted molar refractivity (Wildman–Crippen MR) is 73.7 cm³/mol. The van der Waals surface area contributed by atoms with Gasteiger partial charge in [-0.05, 0) is 24.7 Å². The lowest BCUT2D eigenvalue weighted by atomic mass is 10.1. The van der Waals surface area contributed by atoms with Gasteiger partial charge in [-0.2, -0.15) is 0 Å². The normalized spacial score (nSPS) is 11.8. The topological polar surface area (TPSA) is 117 Å².